The number of carboxylic acid groups (broad SMARTS) is 2. The molecule has 0 aromatic carbocycles. The van der Waals surface area contributed by atoms with E-state index in [1.54, 1.807) is 0 Å². The first-order valence-electron chi connectivity index (χ1n) is 2.45. The topological polar surface area (TPSA) is 74.6 Å². The molecule has 0 bridgehead atoms. The molecule has 2 N–H and O–H groups in total. The summed E-state index contributed by atoms with van der Waals surface area (Å²) in [6, 6.07) is 0. The molecular formula is C4H6I2O4Te. The standard InChI is InChI=1S/C4H6I2O4Te/c5-11(6,1-3(7)8)2-4(9)10/h1-2H2,(H,7,8)(H,9,10). The average Bonchev–Trinajstić information content (AvgIpc) is 1.53. The molecule has 0 fully saturated rings. The molecule has 0 heterocycles. The summed E-state index contributed by atoms with van der Waals surface area (Å²) < 4.78 is 0.103. The van der Waals surface area contributed by atoms with Crippen LogP contribution in [0.1, 0.15) is 0 Å². The van der Waals surface area contributed by atoms with Crippen LogP contribution in [-0.2, 0) is 9.59 Å². The Labute approximate surface area is 87.0 Å². The Morgan fingerprint density at radius 2 is 1.36 bits per heavy atom. The van der Waals surface area contributed by atoms with E-state index in [1.165, 1.54) is 0 Å². The van der Waals surface area contributed by atoms with Crippen LogP contribution in [0.2, 0.25) is 8.94 Å². The van der Waals surface area contributed by atoms with Crippen LogP contribution in [0.4, 0.5) is 0 Å². The molecule has 11 heavy (non-hydrogen) atoms. The zero-order valence-electron chi connectivity index (χ0n) is 5.29. The van der Waals surface area contributed by atoms with Gasteiger partial charge in [0.25, 0.3) is 0 Å². The van der Waals surface area contributed by atoms with E-state index in [0.29, 0.717) is 0 Å². The van der Waals surface area contributed by atoms with E-state index in [9.17, 15) is 9.59 Å². The van der Waals surface area contributed by atoms with Gasteiger partial charge >= 0.3 is 88.4 Å². The van der Waals surface area contributed by atoms with Crippen molar-refractivity contribution in [2.24, 2.45) is 0 Å². The number of hydrogen-bond acceptors (Lipinski definition) is 2. The molecule has 0 aliphatic rings. The second-order valence-corrected chi connectivity index (χ2v) is 41.3. The number of aliphatic carboxylic acids is 2. The molecule has 7 heteroatoms. The summed E-state index contributed by atoms with van der Waals surface area (Å²) in [7, 11) is -2.59. The van der Waals surface area contributed by atoms with Crippen LogP contribution < -0.4 is 0 Å². The van der Waals surface area contributed by atoms with Gasteiger partial charge in [0.15, 0.2) is 0 Å². The molecule has 0 saturated carbocycles. The second-order valence-electron chi connectivity index (χ2n) is 1.78. The van der Waals surface area contributed by atoms with Crippen LogP contribution in [0.3, 0.4) is 0 Å². The van der Waals surface area contributed by atoms with Gasteiger partial charge in [-0.1, -0.05) is 0 Å². The maximum atomic E-state index is 10.2. The normalized spacial score (nSPS) is 12.5. The predicted molar refractivity (Wildman–Crippen MR) is 58.7 cm³/mol. The maximum absolute atomic E-state index is 10.2. The predicted octanol–water partition coefficient (Wildman–Crippen LogP) is 1.47. The van der Waals surface area contributed by atoms with Crippen molar-refractivity contribution in [3.8, 4) is 0 Å². The summed E-state index contributed by atoms with van der Waals surface area (Å²) in [5.41, 5.74) is 0. The Balaban J connectivity index is 3.99. The van der Waals surface area contributed by atoms with Crippen LogP contribution >= 0.6 is 37.4 Å². The van der Waals surface area contributed by atoms with E-state index < -0.39 is 22.2 Å². The number of rotatable bonds is 4. The van der Waals surface area contributed by atoms with Crippen molar-refractivity contribution in [2.75, 3.05) is 0 Å². The molecule has 66 valence electrons. The van der Waals surface area contributed by atoms with E-state index in [2.05, 4.69) is 0 Å². The zero-order chi connectivity index (χ0) is 9.07. The van der Waals surface area contributed by atoms with Gasteiger partial charge in [-0.05, 0) is 0 Å². The van der Waals surface area contributed by atoms with Gasteiger partial charge < -0.3 is 0 Å². The third-order valence-electron chi connectivity index (χ3n) is 0.669. The fourth-order valence-electron chi connectivity index (χ4n) is 0.412. The van der Waals surface area contributed by atoms with Gasteiger partial charge in [-0.3, -0.25) is 0 Å². The van der Waals surface area contributed by atoms with Crippen LogP contribution in [0.25, 0.3) is 0 Å². The van der Waals surface area contributed by atoms with Gasteiger partial charge in [0, 0.05) is 0 Å². The minimum absolute atomic E-state index is 0.0515. The summed E-state index contributed by atoms with van der Waals surface area (Å²) in [6.07, 6.45) is 0. The molecule has 0 aliphatic heterocycles. The van der Waals surface area contributed by atoms with Gasteiger partial charge in [0.05, 0.1) is 0 Å². The van der Waals surface area contributed by atoms with Crippen molar-refractivity contribution in [1.82, 2.24) is 0 Å². The summed E-state index contributed by atoms with van der Waals surface area (Å²) in [4.78, 5) is 20.5. The van der Waals surface area contributed by atoms with Crippen molar-refractivity contribution in [3.63, 3.8) is 0 Å². The van der Waals surface area contributed by atoms with Crippen molar-refractivity contribution in [2.45, 2.75) is 8.94 Å². The third kappa shape index (κ3) is 7.55. The molecule has 0 aliphatic carbocycles. The Morgan fingerprint density at radius 3 is 1.55 bits per heavy atom. The van der Waals surface area contributed by atoms with Gasteiger partial charge in [-0.15, -0.1) is 0 Å². The Hall–Kier alpha value is 1.19. The number of carbonyl (C=O) groups is 2. The summed E-state index contributed by atoms with van der Waals surface area (Å²) >= 11 is 4.04. The molecule has 0 spiro atoms. The molecule has 0 aromatic rings. The van der Waals surface area contributed by atoms with Crippen molar-refractivity contribution in [3.05, 3.63) is 0 Å². The number of hydrogen-bond donors (Lipinski definition) is 2. The van der Waals surface area contributed by atoms with Crippen LogP contribution in [0, 0.1) is 0 Å². The van der Waals surface area contributed by atoms with E-state index >= 15 is 0 Å². The van der Waals surface area contributed by atoms with Gasteiger partial charge in [0.1, 0.15) is 0 Å². The molecule has 0 radical (unpaired) electrons. The Kier molecular flexibility index (Phi) is 5.58. The van der Waals surface area contributed by atoms with Gasteiger partial charge in [-0.25, -0.2) is 0 Å². The van der Waals surface area contributed by atoms with Crippen LogP contribution in [-0.4, -0.2) is 32.4 Å². The van der Waals surface area contributed by atoms with E-state index in [1.807, 2.05) is 37.4 Å². The fraction of sp³-hybridized carbons (Fsp3) is 0.500. The van der Waals surface area contributed by atoms with Crippen molar-refractivity contribution < 1.29 is 19.8 Å². The molecular weight excluding hydrogens is 493 g/mol. The molecule has 0 rings (SSSR count). The summed E-state index contributed by atoms with van der Waals surface area (Å²) in [5, 5.41) is 16.8. The van der Waals surface area contributed by atoms with E-state index in [0.717, 1.165) is 0 Å². The number of halogens is 2. The van der Waals surface area contributed by atoms with Crippen molar-refractivity contribution in [1.29, 1.82) is 0 Å². The molecule has 0 atom stereocenters. The molecule has 0 saturated heterocycles. The summed E-state index contributed by atoms with van der Waals surface area (Å²) in [5.74, 6) is -1.78. The first kappa shape index (κ1) is 12.2. The van der Waals surface area contributed by atoms with Gasteiger partial charge in [-0.2, -0.15) is 0 Å². The molecule has 0 aromatic heterocycles. The summed E-state index contributed by atoms with van der Waals surface area (Å²) in [6.45, 7) is 0. The SMILES string of the molecule is O=C(O)C[Te](I)(I)CC(=O)O. The molecule has 4 nitrogen and oxygen atoms in total. The first-order valence-corrected chi connectivity index (χ1v) is 19.3. The molecule has 0 amide bonds. The molecule has 0 unspecified atom stereocenters. The Bertz CT molecular complexity index is 163. The Morgan fingerprint density at radius 1 is 1.09 bits per heavy atom. The average molecular weight is 499 g/mol. The zero-order valence-corrected chi connectivity index (χ0v) is 11.9. The van der Waals surface area contributed by atoms with Crippen LogP contribution in [0.5, 0.6) is 0 Å². The monoisotopic (exact) mass is 502 g/mol. The van der Waals surface area contributed by atoms with E-state index in [-0.39, 0.29) is 8.94 Å². The third-order valence-corrected chi connectivity index (χ3v) is 12.8. The van der Waals surface area contributed by atoms with Gasteiger partial charge in [0.2, 0.25) is 0 Å². The minimum atomic E-state index is -2.59. The van der Waals surface area contributed by atoms with Crippen molar-refractivity contribution >= 4 is 59.6 Å². The second kappa shape index (κ2) is 5.04. The number of carboxylic acids is 2. The fourth-order valence-corrected chi connectivity index (χ4v) is 9.91. The van der Waals surface area contributed by atoms with Crippen LogP contribution in [0.15, 0.2) is 0 Å². The first-order chi connectivity index (χ1) is 4.83. The van der Waals surface area contributed by atoms with E-state index in [4.69, 9.17) is 10.2 Å². The quantitative estimate of drug-likeness (QED) is 0.454.